The Morgan fingerprint density at radius 1 is 1.26 bits per heavy atom. The molecule has 94 valence electrons. The minimum absolute atomic E-state index is 0.0852. The fraction of sp³-hybridized carbons (Fsp3) is 0. The molecule has 0 fully saturated rings. The first kappa shape index (κ1) is 12.9. The fourth-order valence-corrected chi connectivity index (χ4v) is 1.62. The standard InChI is InChI=1S/C13H7ClN2O3/c14-10-5-4-9(8-15)13(6-10)19-12-3-1-2-11(7-12)16(17)18/h1-7H. The maximum atomic E-state index is 10.7. The largest absolute Gasteiger partial charge is 0.456 e. The number of rotatable bonds is 3. The number of ether oxygens (including phenoxy) is 1. The van der Waals surface area contributed by atoms with E-state index in [1.165, 1.54) is 30.3 Å². The first-order valence-corrected chi connectivity index (χ1v) is 5.60. The molecule has 0 radical (unpaired) electrons. The van der Waals surface area contributed by atoms with Gasteiger partial charge in [0.1, 0.15) is 17.6 Å². The Morgan fingerprint density at radius 3 is 2.74 bits per heavy atom. The molecule has 6 heteroatoms. The van der Waals surface area contributed by atoms with Crippen LogP contribution in [-0.2, 0) is 0 Å². The van der Waals surface area contributed by atoms with E-state index in [0.29, 0.717) is 10.6 Å². The van der Waals surface area contributed by atoms with Gasteiger partial charge in [0.25, 0.3) is 5.69 Å². The van der Waals surface area contributed by atoms with Gasteiger partial charge in [0, 0.05) is 17.2 Å². The molecule has 2 aromatic rings. The Labute approximate surface area is 113 Å². The molecule has 19 heavy (non-hydrogen) atoms. The summed E-state index contributed by atoms with van der Waals surface area (Å²) in [5.41, 5.74) is 0.217. The lowest BCUT2D eigenvalue weighted by Gasteiger charge is -2.07. The normalized spacial score (nSPS) is 9.68. The van der Waals surface area contributed by atoms with E-state index in [4.69, 9.17) is 21.6 Å². The van der Waals surface area contributed by atoms with Crippen LogP contribution >= 0.6 is 11.6 Å². The quantitative estimate of drug-likeness (QED) is 0.628. The molecule has 0 spiro atoms. The fourth-order valence-electron chi connectivity index (χ4n) is 1.46. The van der Waals surface area contributed by atoms with Crippen molar-refractivity contribution in [2.45, 2.75) is 0 Å². The Hall–Kier alpha value is -2.58. The smallest absolute Gasteiger partial charge is 0.273 e. The van der Waals surface area contributed by atoms with Crippen LogP contribution in [0.2, 0.25) is 5.02 Å². The van der Waals surface area contributed by atoms with Gasteiger partial charge in [-0.05, 0) is 18.2 Å². The number of nitrogens with zero attached hydrogens (tertiary/aromatic N) is 2. The molecule has 0 bridgehead atoms. The summed E-state index contributed by atoms with van der Waals surface area (Å²) >= 11 is 5.82. The van der Waals surface area contributed by atoms with Crippen molar-refractivity contribution in [3.05, 3.63) is 63.2 Å². The Bertz CT molecular complexity index is 680. The summed E-state index contributed by atoms with van der Waals surface area (Å²) in [7, 11) is 0. The highest BCUT2D eigenvalue weighted by molar-refractivity contribution is 6.30. The highest BCUT2D eigenvalue weighted by Gasteiger charge is 2.09. The van der Waals surface area contributed by atoms with Gasteiger partial charge < -0.3 is 4.74 Å². The molecule has 0 saturated carbocycles. The van der Waals surface area contributed by atoms with E-state index >= 15 is 0 Å². The van der Waals surface area contributed by atoms with Crippen molar-refractivity contribution in [1.82, 2.24) is 0 Å². The zero-order valence-corrected chi connectivity index (χ0v) is 10.3. The van der Waals surface area contributed by atoms with Crippen LogP contribution in [0.5, 0.6) is 11.5 Å². The second kappa shape index (κ2) is 5.38. The SMILES string of the molecule is N#Cc1ccc(Cl)cc1Oc1cccc([N+](=O)[O-])c1. The van der Waals surface area contributed by atoms with Crippen LogP contribution in [0, 0.1) is 21.4 Å². The summed E-state index contributed by atoms with van der Waals surface area (Å²) < 4.78 is 5.46. The average molecular weight is 275 g/mol. The van der Waals surface area contributed by atoms with E-state index in [-0.39, 0.29) is 17.2 Å². The van der Waals surface area contributed by atoms with Gasteiger partial charge >= 0.3 is 0 Å². The van der Waals surface area contributed by atoms with E-state index < -0.39 is 4.92 Å². The zero-order chi connectivity index (χ0) is 13.8. The molecule has 0 N–H and O–H groups in total. The molecule has 0 aromatic heterocycles. The second-order valence-corrected chi connectivity index (χ2v) is 4.05. The molecule has 0 atom stereocenters. The van der Waals surface area contributed by atoms with Crippen molar-refractivity contribution in [3.63, 3.8) is 0 Å². The molecule has 2 aromatic carbocycles. The topological polar surface area (TPSA) is 76.2 Å². The first-order valence-electron chi connectivity index (χ1n) is 5.22. The number of hydrogen-bond acceptors (Lipinski definition) is 4. The van der Waals surface area contributed by atoms with Crippen LogP contribution in [0.1, 0.15) is 5.56 Å². The van der Waals surface area contributed by atoms with Crippen molar-refractivity contribution in [2.75, 3.05) is 0 Å². The van der Waals surface area contributed by atoms with Crippen molar-refractivity contribution in [3.8, 4) is 17.6 Å². The number of non-ortho nitro benzene ring substituents is 1. The van der Waals surface area contributed by atoms with E-state index in [0.717, 1.165) is 0 Å². The summed E-state index contributed by atoms with van der Waals surface area (Å²) in [4.78, 5) is 10.1. The van der Waals surface area contributed by atoms with Crippen molar-refractivity contribution in [1.29, 1.82) is 5.26 Å². The third-order valence-electron chi connectivity index (χ3n) is 2.32. The maximum Gasteiger partial charge on any atom is 0.273 e. The van der Waals surface area contributed by atoms with E-state index in [2.05, 4.69) is 0 Å². The van der Waals surface area contributed by atoms with Crippen LogP contribution < -0.4 is 4.74 Å². The molecular formula is C13H7ClN2O3. The maximum absolute atomic E-state index is 10.7. The molecule has 0 unspecified atom stereocenters. The summed E-state index contributed by atoms with van der Waals surface area (Å²) in [5.74, 6) is 0.531. The lowest BCUT2D eigenvalue weighted by molar-refractivity contribution is -0.384. The minimum atomic E-state index is -0.518. The molecule has 2 rings (SSSR count). The van der Waals surface area contributed by atoms with Gasteiger partial charge in [-0.2, -0.15) is 5.26 Å². The molecule has 0 aliphatic heterocycles. The Kier molecular flexibility index (Phi) is 3.64. The van der Waals surface area contributed by atoms with Gasteiger partial charge in [0.15, 0.2) is 0 Å². The van der Waals surface area contributed by atoms with Gasteiger partial charge in [-0.3, -0.25) is 10.1 Å². The summed E-state index contributed by atoms with van der Waals surface area (Å²) in [6, 6.07) is 12.2. The number of nitro groups is 1. The molecule has 0 aliphatic rings. The second-order valence-electron chi connectivity index (χ2n) is 3.61. The van der Waals surface area contributed by atoms with Crippen LogP contribution in [0.4, 0.5) is 5.69 Å². The van der Waals surface area contributed by atoms with Crippen LogP contribution in [-0.4, -0.2) is 4.92 Å². The zero-order valence-electron chi connectivity index (χ0n) is 9.54. The lowest BCUT2D eigenvalue weighted by Crippen LogP contribution is -1.91. The predicted molar refractivity (Wildman–Crippen MR) is 69.3 cm³/mol. The molecule has 0 saturated heterocycles. The molecular weight excluding hydrogens is 268 g/mol. The van der Waals surface area contributed by atoms with Gasteiger partial charge in [-0.1, -0.05) is 17.7 Å². The highest BCUT2D eigenvalue weighted by Crippen LogP contribution is 2.29. The van der Waals surface area contributed by atoms with Gasteiger partial charge in [0.2, 0.25) is 0 Å². The molecule has 0 amide bonds. The summed E-state index contributed by atoms with van der Waals surface area (Å²) in [5, 5.41) is 20.0. The van der Waals surface area contributed by atoms with Gasteiger partial charge in [-0.15, -0.1) is 0 Å². The molecule has 0 aliphatic carbocycles. The van der Waals surface area contributed by atoms with Crippen LogP contribution in [0.3, 0.4) is 0 Å². The number of hydrogen-bond donors (Lipinski definition) is 0. The number of halogens is 1. The third-order valence-corrected chi connectivity index (χ3v) is 2.56. The summed E-state index contributed by atoms with van der Waals surface area (Å²) in [6.45, 7) is 0. The highest BCUT2D eigenvalue weighted by atomic mass is 35.5. The Morgan fingerprint density at radius 2 is 2.05 bits per heavy atom. The number of benzene rings is 2. The minimum Gasteiger partial charge on any atom is -0.456 e. The van der Waals surface area contributed by atoms with E-state index in [1.54, 1.807) is 12.1 Å². The van der Waals surface area contributed by atoms with Crippen LogP contribution in [0.25, 0.3) is 0 Å². The van der Waals surface area contributed by atoms with Crippen LogP contribution in [0.15, 0.2) is 42.5 Å². The number of nitro benzene ring substituents is 1. The molecule has 0 heterocycles. The first-order chi connectivity index (χ1) is 9.10. The number of nitriles is 1. The summed E-state index contributed by atoms with van der Waals surface area (Å²) in [6.07, 6.45) is 0. The van der Waals surface area contributed by atoms with E-state index in [1.807, 2.05) is 6.07 Å². The van der Waals surface area contributed by atoms with Gasteiger partial charge in [0.05, 0.1) is 16.6 Å². The Balaban J connectivity index is 2.36. The lowest BCUT2D eigenvalue weighted by atomic mass is 10.2. The molecule has 5 nitrogen and oxygen atoms in total. The predicted octanol–water partition coefficient (Wildman–Crippen LogP) is 3.91. The van der Waals surface area contributed by atoms with Gasteiger partial charge in [-0.25, -0.2) is 0 Å². The van der Waals surface area contributed by atoms with Crippen molar-refractivity contribution >= 4 is 17.3 Å². The third kappa shape index (κ3) is 3.00. The van der Waals surface area contributed by atoms with Crippen molar-refractivity contribution in [2.24, 2.45) is 0 Å². The van der Waals surface area contributed by atoms with E-state index in [9.17, 15) is 10.1 Å². The monoisotopic (exact) mass is 274 g/mol. The average Bonchev–Trinajstić information content (AvgIpc) is 2.39. The van der Waals surface area contributed by atoms with Crippen molar-refractivity contribution < 1.29 is 9.66 Å².